The van der Waals surface area contributed by atoms with Gasteiger partial charge in [-0.15, -0.1) is 0 Å². The second-order valence-corrected chi connectivity index (χ2v) is 12.6. The molecule has 4 aliphatic rings. The standard InChI is InChI=1S/C24H44.C7H14.C2H6/c1-5-8-11-22-17(4)15-20-10-9-12-23(20)24(22)21-14-13-18(6-2)19(7-3)16-21;1-7-5-3-2-4-6-7;1-2/h17-24H,5-16H2,1-4H3;7H,2-6H2,1H3;1-2H3. The molecule has 0 bridgehead atoms. The van der Waals surface area contributed by atoms with E-state index >= 15 is 0 Å². The molecular formula is C33H64. The monoisotopic (exact) mass is 461 g/mol. The molecule has 0 nitrogen and oxygen atoms in total. The molecule has 0 spiro atoms. The molecule has 4 fully saturated rings. The Bertz CT molecular complexity index is 474. The van der Waals surface area contributed by atoms with Crippen LogP contribution >= 0.6 is 0 Å². The summed E-state index contributed by atoms with van der Waals surface area (Å²) >= 11 is 0. The van der Waals surface area contributed by atoms with Crippen LogP contribution in [0.2, 0.25) is 0 Å². The van der Waals surface area contributed by atoms with Crippen molar-refractivity contribution in [2.45, 2.75) is 158 Å². The van der Waals surface area contributed by atoms with E-state index in [1.54, 1.807) is 44.9 Å². The minimum atomic E-state index is 1.00. The van der Waals surface area contributed by atoms with Crippen LogP contribution in [0.1, 0.15) is 158 Å². The highest BCUT2D eigenvalue weighted by Gasteiger charge is 2.48. The van der Waals surface area contributed by atoms with Crippen LogP contribution in [0.3, 0.4) is 0 Å². The Morgan fingerprint density at radius 2 is 1.33 bits per heavy atom. The van der Waals surface area contributed by atoms with Crippen molar-refractivity contribution < 1.29 is 0 Å². The molecule has 0 heteroatoms. The van der Waals surface area contributed by atoms with Gasteiger partial charge in [0.15, 0.2) is 0 Å². The number of hydrogen-bond donors (Lipinski definition) is 0. The highest BCUT2D eigenvalue weighted by Crippen LogP contribution is 2.57. The molecule has 0 aromatic heterocycles. The summed E-state index contributed by atoms with van der Waals surface area (Å²) in [7, 11) is 0. The molecular weight excluding hydrogens is 396 g/mol. The van der Waals surface area contributed by atoms with E-state index in [0.29, 0.717) is 0 Å². The summed E-state index contributed by atoms with van der Waals surface area (Å²) in [6.45, 7) is 16.3. The first-order valence-electron chi connectivity index (χ1n) is 16.1. The average Bonchev–Trinajstić information content (AvgIpc) is 3.32. The van der Waals surface area contributed by atoms with E-state index < -0.39 is 0 Å². The maximum absolute atomic E-state index is 2.62. The third-order valence-electron chi connectivity index (χ3n) is 10.7. The van der Waals surface area contributed by atoms with Gasteiger partial charge in [-0.2, -0.15) is 0 Å². The molecule has 0 N–H and O–H groups in total. The molecule has 4 aliphatic carbocycles. The van der Waals surface area contributed by atoms with Crippen molar-refractivity contribution in [2.75, 3.05) is 0 Å². The molecule has 0 amide bonds. The van der Waals surface area contributed by atoms with E-state index in [1.165, 1.54) is 64.2 Å². The van der Waals surface area contributed by atoms with Crippen molar-refractivity contribution in [1.29, 1.82) is 0 Å². The third-order valence-corrected chi connectivity index (χ3v) is 10.7. The zero-order valence-electron chi connectivity index (χ0n) is 24.2. The van der Waals surface area contributed by atoms with Gasteiger partial charge in [-0.3, -0.25) is 0 Å². The first-order valence-corrected chi connectivity index (χ1v) is 16.1. The lowest BCUT2D eigenvalue weighted by Gasteiger charge is -2.51. The van der Waals surface area contributed by atoms with Crippen molar-refractivity contribution in [1.82, 2.24) is 0 Å². The topological polar surface area (TPSA) is 0 Å². The van der Waals surface area contributed by atoms with Gasteiger partial charge in [0.25, 0.3) is 0 Å². The summed E-state index contributed by atoms with van der Waals surface area (Å²) in [4.78, 5) is 0. The van der Waals surface area contributed by atoms with Crippen LogP contribution in [-0.2, 0) is 0 Å². The summed E-state index contributed by atoms with van der Waals surface area (Å²) in [6, 6.07) is 0. The van der Waals surface area contributed by atoms with E-state index in [-0.39, 0.29) is 0 Å². The number of rotatable bonds is 6. The summed E-state index contributed by atoms with van der Waals surface area (Å²) in [6.07, 6.45) is 25.7. The van der Waals surface area contributed by atoms with Crippen LogP contribution in [0.4, 0.5) is 0 Å². The second-order valence-electron chi connectivity index (χ2n) is 12.6. The third kappa shape index (κ3) is 8.27. The molecule has 0 heterocycles. The Hall–Kier alpha value is 0. The van der Waals surface area contributed by atoms with Gasteiger partial charge in [-0.05, 0) is 91.8 Å². The summed E-state index contributed by atoms with van der Waals surface area (Å²) < 4.78 is 0. The molecule has 8 atom stereocenters. The lowest BCUT2D eigenvalue weighted by atomic mass is 9.55. The molecule has 4 rings (SSSR count). The van der Waals surface area contributed by atoms with Gasteiger partial charge in [0.05, 0.1) is 0 Å². The molecule has 8 unspecified atom stereocenters. The summed E-state index contributed by atoms with van der Waals surface area (Å²) in [5, 5.41) is 0. The maximum Gasteiger partial charge on any atom is -0.0324 e. The van der Waals surface area contributed by atoms with Crippen LogP contribution in [-0.4, -0.2) is 0 Å². The molecule has 4 saturated carbocycles. The van der Waals surface area contributed by atoms with Crippen LogP contribution in [0.15, 0.2) is 0 Å². The molecule has 0 saturated heterocycles. The molecule has 0 aromatic carbocycles. The molecule has 0 radical (unpaired) electrons. The lowest BCUT2D eigenvalue weighted by Crippen LogP contribution is -2.43. The first kappa shape index (κ1) is 29.2. The molecule has 33 heavy (non-hydrogen) atoms. The normalized spacial score (nSPS) is 39.0. The fourth-order valence-electron chi connectivity index (χ4n) is 8.89. The quantitative estimate of drug-likeness (QED) is 0.369. The molecule has 0 aliphatic heterocycles. The van der Waals surface area contributed by atoms with E-state index in [1.807, 2.05) is 13.8 Å². The highest BCUT2D eigenvalue weighted by molar-refractivity contribution is 4.98. The lowest BCUT2D eigenvalue weighted by molar-refractivity contribution is -0.0149. The smallest absolute Gasteiger partial charge is 0.0324 e. The SMILES string of the molecule is CC.CC1CCCCC1.CCCCC1C(C)CC2CCCC2C1C1CCC(CC)C(CC)C1. The predicted octanol–water partition coefficient (Wildman–Crippen LogP) is 11.3. The number of fused-ring (bicyclic) bond motifs is 1. The van der Waals surface area contributed by atoms with Gasteiger partial charge in [-0.1, -0.05) is 119 Å². The van der Waals surface area contributed by atoms with E-state index in [9.17, 15) is 0 Å². The van der Waals surface area contributed by atoms with Gasteiger partial charge in [-0.25, -0.2) is 0 Å². The van der Waals surface area contributed by atoms with Crippen LogP contribution in [0.5, 0.6) is 0 Å². The largest absolute Gasteiger partial charge is 0.0683 e. The Labute approximate surface area is 210 Å². The van der Waals surface area contributed by atoms with Crippen molar-refractivity contribution in [3.05, 3.63) is 0 Å². The highest BCUT2D eigenvalue weighted by atomic mass is 14.5. The number of unbranched alkanes of at least 4 members (excludes halogenated alkanes) is 1. The minimum absolute atomic E-state index is 1.00. The van der Waals surface area contributed by atoms with Crippen molar-refractivity contribution in [2.24, 2.45) is 53.3 Å². The van der Waals surface area contributed by atoms with Gasteiger partial charge in [0.2, 0.25) is 0 Å². The van der Waals surface area contributed by atoms with E-state index in [2.05, 4.69) is 34.6 Å². The zero-order chi connectivity index (χ0) is 24.2. The van der Waals surface area contributed by atoms with Crippen LogP contribution in [0, 0.1) is 53.3 Å². The first-order chi connectivity index (χ1) is 16.1. The van der Waals surface area contributed by atoms with E-state index in [0.717, 1.165) is 53.3 Å². The Morgan fingerprint density at radius 1 is 0.636 bits per heavy atom. The Kier molecular flexibility index (Phi) is 14.1. The number of hydrogen-bond acceptors (Lipinski definition) is 0. The predicted molar refractivity (Wildman–Crippen MR) is 150 cm³/mol. The molecule has 196 valence electrons. The summed E-state index contributed by atoms with van der Waals surface area (Å²) in [5.41, 5.74) is 0. The Morgan fingerprint density at radius 3 is 1.91 bits per heavy atom. The fourth-order valence-corrected chi connectivity index (χ4v) is 8.89. The van der Waals surface area contributed by atoms with Crippen molar-refractivity contribution >= 4 is 0 Å². The van der Waals surface area contributed by atoms with Gasteiger partial charge < -0.3 is 0 Å². The van der Waals surface area contributed by atoms with Gasteiger partial charge >= 0.3 is 0 Å². The summed E-state index contributed by atoms with van der Waals surface area (Å²) in [5.74, 6) is 9.57. The van der Waals surface area contributed by atoms with Crippen molar-refractivity contribution in [3.63, 3.8) is 0 Å². The second kappa shape index (κ2) is 15.9. The van der Waals surface area contributed by atoms with Gasteiger partial charge in [0, 0.05) is 0 Å². The zero-order valence-corrected chi connectivity index (χ0v) is 24.2. The Balaban J connectivity index is 0.000000362. The van der Waals surface area contributed by atoms with Crippen LogP contribution in [0.25, 0.3) is 0 Å². The van der Waals surface area contributed by atoms with E-state index in [4.69, 9.17) is 0 Å². The van der Waals surface area contributed by atoms with Gasteiger partial charge in [0.1, 0.15) is 0 Å². The van der Waals surface area contributed by atoms with Crippen LogP contribution < -0.4 is 0 Å². The van der Waals surface area contributed by atoms with Crippen molar-refractivity contribution in [3.8, 4) is 0 Å². The molecule has 0 aromatic rings. The maximum atomic E-state index is 2.62. The fraction of sp³-hybridized carbons (Fsp3) is 1.00. The minimum Gasteiger partial charge on any atom is -0.0683 e. The average molecular weight is 461 g/mol.